The van der Waals surface area contributed by atoms with Crippen LogP contribution in [0.4, 0.5) is 5.82 Å². The number of aromatic nitrogens is 4. The van der Waals surface area contributed by atoms with Crippen LogP contribution in [0.15, 0.2) is 55.1 Å². The molecule has 25 heavy (non-hydrogen) atoms. The van der Waals surface area contributed by atoms with E-state index in [-0.39, 0.29) is 6.04 Å². The van der Waals surface area contributed by atoms with E-state index in [1.165, 1.54) is 24.2 Å². The predicted octanol–water partition coefficient (Wildman–Crippen LogP) is 5.11. The molecular formula is C17H16Cl3N5. The van der Waals surface area contributed by atoms with Gasteiger partial charge in [-0.25, -0.2) is 9.97 Å². The Labute approximate surface area is 161 Å². The van der Waals surface area contributed by atoms with Crippen LogP contribution in [0, 0.1) is 0 Å². The van der Waals surface area contributed by atoms with Crippen LogP contribution in [0.25, 0.3) is 0 Å². The number of halogens is 3. The van der Waals surface area contributed by atoms with Crippen molar-refractivity contribution in [2.24, 2.45) is 0 Å². The van der Waals surface area contributed by atoms with Gasteiger partial charge in [-0.1, -0.05) is 65.1 Å². The molecule has 0 saturated heterocycles. The monoisotopic (exact) mass is 395 g/mol. The highest BCUT2D eigenvalue weighted by Crippen LogP contribution is 2.23. The van der Waals surface area contributed by atoms with E-state index in [1.54, 1.807) is 6.20 Å². The molecule has 0 aliphatic carbocycles. The second-order valence-electron chi connectivity index (χ2n) is 5.06. The van der Waals surface area contributed by atoms with Crippen molar-refractivity contribution in [3.8, 4) is 0 Å². The molecule has 0 N–H and O–H groups in total. The molecule has 0 amide bonds. The Morgan fingerprint density at radius 3 is 1.80 bits per heavy atom. The molecule has 2 aromatic heterocycles. The van der Waals surface area contributed by atoms with Crippen molar-refractivity contribution in [2.75, 3.05) is 11.9 Å². The zero-order valence-electron chi connectivity index (χ0n) is 13.6. The Morgan fingerprint density at radius 1 is 0.800 bits per heavy atom. The van der Waals surface area contributed by atoms with Gasteiger partial charge in [0, 0.05) is 7.05 Å². The maximum atomic E-state index is 5.84. The fourth-order valence-corrected chi connectivity index (χ4v) is 2.46. The van der Waals surface area contributed by atoms with Crippen LogP contribution in [0.5, 0.6) is 0 Å². The maximum Gasteiger partial charge on any atom is 0.149 e. The summed E-state index contributed by atoms with van der Waals surface area (Å²) in [5.41, 5.74) is 1.23. The zero-order valence-corrected chi connectivity index (χ0v) is 15.9. The van der Waals surface area contributed by atoms with Crippen LogP contribution in [0.1, 0.15) is 18.5 Å². The summed E-state index contributed by atoms with van der Waals surface area (Å²) in [6, 6.07) is 10.5. The zero-order chi connectivity index (χ0) is 18.2. The molecule has 5 nitrogen and oxygen atoms in total. The molecule has 0 saturated carbocycles. The van der Waals surface area contributed by atoms with Gasteiger partial charge in [0.15, 0.2) is 0 Å². The van der Waals surface area contributed by atoms with Gasteiger partial charge in [-0.3, -0.25) is 9.97 Å². The van der Waals surface area contributed by atoms with Gasteiger partial charge in [-0.05, 0) is 12.5 Å². The van der Waals surface area contributed by atoms with Crippen molar-refractivity contribution in [3.63, 3.8) is 0 Å². The summed E-state index contributed by atoms with van der Waals surface area (Å²) in [6.07, 6.45) is 6.10. The summed E-state index contributed by atoms with van der Waals surface area (Å²) in [4.78, 5) is 17.6. The number of hydrogen-bond donors (Lipinski definition) is 0. The van der Waals surface area contributed by atoms with E-state index in [4.69, 9.17) is 34.8 Å². The highest BCUT2D eigenvalue weighted by molar-refractivity contribution is 6.32. The van der Waals surface area contributed by atoms with Crippen molar-refractivity contribution in [1.29, 1.82) is 0 Å². The standard InChI is InChI=1S/C13H14ClN3.C4H2Cl2N2/c1-10(11-6-4-3-5-7-11)17(2)13-9-15-8-12(14)16-13;5-3-1-7-2-4(6)8-3/h3-10H,1-2H3;1-2H/t10-;/m0./s1. The summed E-state index contributed by atoms with van der Waals surface area (Å²) < 4.78 is 0. The van der Waals surface area contributed by atoms with Crippen LogP contribution in [-0.4, -0.2) is 27.0 Å². The van der Waals surface area contributed by atoms with Crippen LogP contribution < -0.4 is 4.90 Å². The molecule has 2 heterocycles. The van der Waals surface area contributed by atoms with Crippen molar-refractivity contribution in [2.45, 2.75) is 13.0 Å². The van der Waals surface area contributed by atoms with Gasteiger partial charge in [-0.2, -0.15) is 0 Å². The van der Waals surface area contributed by atoms with E-state index in [9.17, 15) is 0 Å². The molecule has 0 radical (unpaired) electrons. The highest BCUT2D eigenvalue weighted by Gasteiger charge is 2.13. The van der Waals surface area contributed by atoms with Crippen molar-refractivity contribution in [1.82, 2.24) is 19.9 Å². The maximum absolute atomic E-state index is 5.84. The molecule has 0 spiro atoms. The summed E-state index contributed by atoms with van der Waals surface area (Å²) in [6.45, 7) is 2.12. The minimum absolute atomic E-state index is 0.226. The average molecular weight is 397 g/mol. The molecule has 130 valence electrons. The lowest BCUT2D eigenvalue weighted by molar-refractivity contribution is 0.726. The van der Waals surface area contributed by atoms with E-state index < -0.39 is 0 Å². The first kappa shape index (κ1) is 19.4. The highest BCUT2D eigenvalue weighted by atomic mass is 35.5. The first-order chi connectivity index (χ1) is 12.0. The predicted molar refractivity (Wildman–Crippen MR) is 102 cm³/mol. The Kier molecular flexibility index (Phi) is 7.37. The number of benzene rings is 1. The second kappa shape index (κ2) is 9.51. The topological polar surface area (TPSA) is 54.8 Å². The summed E-state index contributed by atoms with van der Waals surface area (Å²) in [7, 11) is 1.98. The SMILES string of the molecule is C[C@@H](c1ccccc1)N(C)c1cncc(Cl)n1.Clc1cncc(Cl)n1. The number of rotatable bonds is 3. The van der Waals surface area contributed by atoms with E-state index in [0.29, 0.717) is 15.5 Å². The Bertz CT molecular complexity index is 784. The normalized spacial score (nSPS) is 11.2. The van der Waals surface area contributed by atoms with Gasteiger partial charge in [-0.15, -0.1) is 0 Å². The molecule has 0 bridgehead atoms. The van der Waals surface area contributed by atoms with Gasteiger partial charge < -0.3 is 4.90 Å². The molecule has 1 atom stereocenters. The van der Waals surface area contributed by atoms with Gasteiger partial charge in [0.05, 0.1) is 30.8 Å². The lowest BCUT2D eigenvalue weighted by Crippen LogP contribution is -2.22. The Morgan fingerprint density at radius 2 is 1.32 bits per heavy atom. The van der Waals surface area contributed by atoms with Crippen LogP contribution >= 0.6 is 34.8 Å². The van der Waals surface area contributed by atoms with Crippen molar-refractivity contribution in [3.05, 3.63) is 76.1 Å². The third-order valence-electron chi connectivity index (χ3n) is 3.39. The minimum Gasteiger partial charge on any atom is -0.352 e. The fraction of sp³-hybridized carbons (Fsp3) is 0.176. The summed E-state index contributed by atoms with van der Waals surface area (Å²) in [5.74, 6) is 0.772. The molecule has 0 fully saturated rings. The molecule has 1 aromatic carbocycles. The van der Waals surface area contributed by atoms with Crippen LogP contribution in [0.3, 0.4) is 0 Å². The lowest BCUT2D eigenvalue weighted by Gasteiger charge is -2.26. The molecule has 0 unspecified atom stereocenters. The van der Waals surface area contributed by atoms with Crippen LogP contribution in [-0.2, 0) is 0 Å². The van der Waals surface area contributed by atoms with E-state index >= 15 is 0 Å². The van der Waals surface area contributed by atoms with E-state index in [1.807, 2.05) is 30.1 Å². The summed E-state index contributed by atoms with van der Waals surface area (Å²) >= 11 is 16.6. The Balaban J connectivity index is 0.000000236. The van der Waals surface area contributed by atoms with Gasteiger partial charge in [0.2, 0.25) is 0 Å². The third kappa shape index (κ3) is 6.12. The smallest absolute Gasteiger partial charge is 0.149 e. The quantitative estimate of drug-likeness (QED) is 0.615. The molecule has 3 rings (SSSR count). The van der Waals surface area contributed by atoms with Crippen molar-refractivity contribution < 1.29 is 0 Å². The minimum atomic E-state index is 0.226. The van der Waals surface area contributed by atoms with E-state index in [2.05, 4.69) is 39.0 Å². The first-order valence-electron chi connectivity index (χ1n) is 7.35. The Hall–Kier alpha value is -1.95. The van der Waals surface area contributed by atoms with Crippen LogP contribution in [0.2, 0.25) is 15.5 Å². The fourth-order valence-electron chi connectivity index (χ4n) is 1.98. The number of anilines is 1. The first-order valence-corrected chi connectivity index (χ1v) is 8.49. The molecule has 3 aromatic rings. The average Bonchev–Trinajstić information content (AvgIpc) is 2.61. The van der Waals surface area contributed by atoms with E-state index in [0.717, 1.165) is 5.82 Å². The number of hydrogen-bond acceptors (Lipinski definition) is 5. The third-order valence-corrected chi connectivity index (χ3v) is 3.94. The molecule has 0 aliphatic rings. The lowest BCUT2D eigenvalue weighted by atomic mass is 10.1. The largest absolute Gasteiger partial charge is 0.352 e. The van der Waals surface area contributed by atoms with Gasteiger partial charge in [0.1, 0.15) is 21.3 Å². The van der Waals surface area contributed by atoms with Gasteiger partial charge >= 0.3 is 0 Å². The molecule has 0 aliphatic heterocycles. The second-order valence-corrected chi connectivity index (χ2v) is 6.22. The summed E-state index contributed by atoms with van der Waals surface area (Å²) in [5, 5.41) is 1.05. The number of nitrogens with zero attached hydrogens (tertiary/aromatic N) is 5. The van der Waals surface area contributed by atoms with Gasteiger partial charge in [0.25, 0.3) is 0 Å². The van der Waals surface area contributed by atoms with Crippen molar-refractivity contribution >= 4 is 40.6 Å². The molecular weight excluding hydrogens is 381 g/mol. The molecule has 8 heteroatoms.